The number of hydrogen-bond donors (Lipinski definition) is 2. The first-order valence-corrected chi connectivity index (χ1v) is 6.69. The van der Waals surface area contributed by atoms with Gasteiger partial charge in [0.15, 0.2) is 0 Å². The Labute approximate surface area is 134 Å². The van der Waals surface area contributed by atoms with Crippen LogP contribution in [0.15, 0.2) is 12.2 Å². The van der Waals surface area contributed by atoms with Crippen LogP contribution in [0.4, 0.5) is 22.0 Å². The summed E-state index contributed by atoms with van der Waals surface area (Å²) in [6.07, 6.45) is -6.75. The normalized spacial score (nSPS) is 14.8. The molecular formula is C12H16F5NO4S. The van der Waals surface area contributed by atoms with Crippen LogP contribution >= 0.6 is 12.6 Å². The molecule has 0 aromatic carbocycles. The minimum atomic E-state index is -5.51. The Kier molecular flexibility index (Phi) is 7.48. The first-order valence-electron chi connectivity index (χ1n) is 6.25. The maximum Gasteiger partial charge on any atom is 0.466 e. The molecule has 0 saturated heterocycles. The fraction of sp³-hybridized carbons (Fsp3) is 0.667. The van der Waals surface area contributed by atoms with Crippen LogP contribution in [0.5, 0.6) is 0 Å². The van der Waals surface area contributed by atoms with Crippen LogP contribution in [0.25, 0.3) is 0 Å². The molecule has 1 atom stereocenters. The highest BCUT2D eigenvalue weighted by Gasteiger charge is 2.66. The Morgan fingerprint density at radius 1 is 1.22 bits per heavy atom. The van der Waals surface area contributed by atoms with Gasteiger partial charge in [0.2, 0.25) is 0 Å². The number of alkyl halides is 5. The molecule has 0 heterocycles. The number of likely N-dealkylation sites (N-methyl/N-ethyl adjacent to an activating group) is 1. The quantitative estimate of drug-likeness (QED) is 0.228. The van der Waals surface area contributed by atoms with E-state index in [1.165, 1.54) is 6.92 Å². The van der Waals surface area contributed by atoms with Gasteiger partial charge in [-0.3, -0.25) is 4.79 Å². The summed E-state index contributed by atoms with van der Waals surface area (Å²) in [6.45, 7) is 3.95. The van der Waals surface area contributed by atoms with E-state index in [1.54, 1.807) is 5.32 Å². The van der Waals surface area contributed by atoms with Gasteiger partial charge in [-0.25, -0.2) is 4.79 Å². The molecule has 0 radical (unpaired) electrons. The molecule has 0 aromatic heterocycles. The lowest BCUT2D eigenvalue weighted by Gasteiger charge is -2.33. The van der Waals surface area contributed by atoms with Gasteiger partial charge >= 0.3 is 23.8 Å². The Bertz CT molecular complexity index is 463. The smallest absolute Gasteiger partial charge is 0.412 e. The van der Waals surface area contributed by atoms with Crippen LogP contribution in [-0.4, -0.2) is 42.2 Å². The minimum absolute atomic E-state index is 0.243. The average molecular weight is 365 g/mol. The zero-order valence-corrected chi connectivity index (χ0v) is 13.2. The number of nitrogens with one attached hydrogen (secondary N) is 1. The average Bonchev–Trinajstić information content (AvgIpc) is 2.34. The van der Waals surface area contributed by atoms with E-state index in [0.29, 0.717) is 0 Å². The number of esters is 1. The molecule has 1 unspecified atom stereocenters. The molecule has 5 nitrogen and oxygen atoms in total. The fourth-order valence-corrected chi connectivity index (χ4v) is 1.31. The molecule has 0 aliphatic rings. The third-order valence-electron chi connectivity index (χ3n) is 2.30. The van der Waals surface area contributed by atoms with Crippen molar-refractivity contribution in [3.05, 3.63) is 12.2 Å². The van der Waals surface area contributed by atoms with Gasteiger partial charge < -0.3 is 14.8 Å². The van der Waals surface area contributed by atoms with E-state index < -0.39 is 47.7 Å². The second-order valence-corrected chi connectivity index (χ2v) is 5.06. The monoisotopic (exact) mass is 365 g/mol. The molecule has 0 fully saturated rings. The van der Waals surface area contributed by atoms with E-state index in [2.05, 4.69) is 28.7 Å². The third-order valence-corrected chi connectivity index (χ3v) is 2.53. The molecule has 0 rings (SSSR count). The molecule has 0 aliphatic heterocycles. The van der Waals surface area contributed by atoms with Gasteiger partial charge in [0.25, 0.3) is 5.25 Å². The number of rotatable bonds is 8. The first kappa shape index (κ1) is 21.6. The summed E-state index contributed by atoms with van der Waals surface area (Å²) in [5, 5.41) is -1.84. The molecule has 0 spiro atoms. The van der Waals surface area contributed by atoms with Crippen molar-refractivity contribution in [1.29, 1.82) is 0 Å². The summed E-state index contributed by atoms with van der Waals surface area (Å²) in [6, 6.07) is 0. The van der Waals surface area contributed by atoms with Gasteiger partial charge in [0, 0.05) is 18.5 Å². The van der Waals surface area contributed by atoms with Gasteiger partial charge in [-0.1, -0.05) is 6.58 Å². The van der Waals surface area contributed by atoms with Crippen molar-refractivity contribution in [3.63, 3.8) is 0 Å². The molecule has 1 N–H and O–H groups in total. The number of halogens is 5. The van der Waals surface area contributed by atoms with Crippen LogP contribution in [-0.2, 0) is 19.1 Å². The SMILES string of the molecule is C=C(C)C(=O)OC(OCCC(F)(F)S)(C(=O)NCC)C(F)(F)F. The molecule has 1 amide bonds. The standard InChI is InChI=1S/C12H16F5NO4S/c1-4-18-9(20)11(12(15,16)17,22-8(19)7(2)3)21-6-5-10(13,14)23/h23H,2,4-6H2,1,3H3,(H,18,20). The van der Waals surface area contributed by atoms with Crippen molar-refractivity contribution >= 4 is 24.5 Å². The van der Waals surface area contributed by atoms with Crippen LogP contribution in [0, 0.1) is 0 Å². The highest BCUT2D eigenvalue weighted by Crippen LogP contribution is 2.37. The lowest BCUT2D eigenvalue weighted by molar-refractivity contribution is -0.348. The topological polar surface area (TPSA) is 64.6 Å². The van der Waals surface area contributed by atoms with E-state index in [1.807, 2.05) is 0 Å². The van der Waals surface area contributed by atoms with Crippen LogP contribution in [0.2, 0.25) is 0 Å². The minimum Gasteiger partial charge on any atom is -0.412 e. The summed E-state index contributed by atoms with van der Waals surface area (Å²) in [5.74, 6) is -7.46. The van der Waals surface area contributed by atoms with Crippen molar-refractivity contribution < 1.29 is 41.0 Å². The van der Waals surface area contributed by atoms with E-state index in [0.717, 1.165) is 6.92 Å². The largest absolute Gasteiger partial charge is 0.466 e. The number of carbonyl (C=O) groups excluding carboxylic acids is 2. The van der Waals surface area contributed by atoms with E-state index >= 15 is 0 Å². The maximum absolute atomic E-state index is 13.3. The third kappa shape index (κ3) is 6.34. The second-order valence-electron chi connectivity index (χ2n) is 4.41. The summed E-state index contributed by atoms with van der Waals surface area (Å²) in [4.78, 5) is 23.2. The Balaban J connectivity index is 5.62. The maximum atomic E-state index is 13.3. The lowest BCUT2D eigenvalue weighted by atomic mass is 10.2. The summed E-state index contributed by atoms with van der Waals surface area (Å²) in [5.41, 5.74) is -0.439. The summed E-state index contributed by atoms with van der Waals surface area (Å²) in [7, 11) is 0. The Hall–Kier alpha value is -1.36. The van der Waals surface area contributed by atoms with Crippen LogP contribution in [0.3, 0.4) is 0 Å². The number of ether oxygens (including phenoxy) is 2. The molecule has 11 heteroatoms. The van der Waals surface area contributed by atoms with Gasteiger partial charge in [-0.15, -0.1) is 12.6 Å². The molecule has 23 heavy (non-hydrogen) atoms. The predicted octanol–water partition coefficient (Wildman–Crippen LogP) is 2.43. The van der Waals surface area contributed by atoms with E-state index in [-0.39, 0.29) is 6.54 Å². The van der Waals surface area contributed by atoms with E-state index in [4.69, 9.17) is 0 Å². The fourth-order valence-electron chi connectivity index (χ4n) is 1.22. The van der Waals surface area contributed by atoms with Gasteiger partial charge in [-0.2, -0.15) is 22.0 Å². The zero-order chi connectivity index (χ0) is 18.5. The number of carbonyl (C=O) groups is 2. The number of hydrogen-bond acceptors (Lipinski definition) is 5. The van der Waals surface area contributed by atoms with Crippen LogP contribution in [0.1, 0.15) is 20.3 Å². The highest BCUT2D eigenvalue weighted by atomic mass is 32.1. The molecule has 0 saturated carbocycles. The van der Waals surface area contributed by atoms with Gasteiger partial charge in [-0.05, 0) is 13.8 Å². The summed E-state index contributed by atoms with van der Waals surface area (Å²) < 4.78 is 73.5. The first-order chi connectivity index (χ1) is 10.3. The zero-order valence-electron chi connectivity index (χ0n) is 12.3. The van der Waals surface area contributed by atoms with Gasteiger partial charge in [0.1, 0.15) is 0 Å². The van der Waals surface area contributed by atoms with Gasteiger partial charge in [0.05, 0.1) is 6.61 Å². The van der Waals surface area contributed by atoms with Crippen LogP contribution < -0.4 is 5.32 Å². The Morgan fingerprint density at radius 2 is 1.74 bits per heavy atom. The Morgan fingerprint density at radius 3 is 2.09 bits per heavy atom. The highest BCUT2D eigenvalue weighted by molar-refractivity contribution is 7.81. The van der Waals surface area contributed by atoms with Crippen molar-refractivity contribution in [2.24, 2.45) is 0 Å². The van der Waals surface area contributed by atoms with Crippen molar-refractivity contribution in [1.82, 2.24) is 5.32 Å². The van der Waals surface area contributed by atoms with Crippen molar-refractivity contribution in [2.45, 2.75) is 37.5 Å². The second kappa shape index (κ2) is 7.95. The molecule has 0 aliphatic carbocycles. The van der Waals surface area contributed by atoms with E-state index in [9.17, 15) is 31.5 Å². The molecule has 0 aromatic rings. The lowest BCUT2D eigenvalue weighted by Crippen LogP contribution is -2.61. The number of thiol groups is 1. The van der Waals surface area contributed by atoms with Crippen molar-refractivity contribution in [3.8, 4) is 0 Å². The molecular weight excluding hydrogens is 349 g/mol. The predicted molar refractivity (Wildman–Crippen MR) is 72.9 cm³/mol. The summed E-state index contributed by atoms with van der Waals surface area (Å²) >= 11 is 2.84. The van der Waals surface area contributed by atoms with Crippen molar-refractivity contribution in [2.75, 3.05) is 13.2 Å². The molecule has 134 valence electrons. The molecule has 0 bridgehead atoms. The number of amides is 1.